The van der Waals surface area contributed by atoms with Gasteiger partial charge >= 0.3 is 11.9 Å². The smallest absolute Gasteiger partial charge is 0.306 e. The van der Waals surface area contributed by atoms with Gasteiger partial charge in [0.15, 0.2) is 6.10 Å². The number of carbonyl (C=O) groups is 2. The average molecular weight is 994 g/mol. The number of unbranched alkanes of at least 4 members (excludes halogenated alkanes) is 20. The van der Waals surface area contributed by atoms with Crippen molar-refractivity contribution in [2.75, 3.05) is 13.2 Å². The predicted molar refractivity (Wildman–Crippen MR) is 315 cm³/mol. The minimum atomic E-state index is -0.793. The first-order chi connectivity index (χ1) is 35.6. The van der Waals surface area contributed by atoms with Crippen LogP contribution in [0.5, 0.6) is 0 Å². The Hall–Kier alpha value is -4.22. The van der Waals surface area contributed by atoms with E-state index >= 15 is 0 Å². The highest BCUT2D eigenvalue weighted by Gasteiger charge is 2.16. The molecule has 0 heterocycles. The fourth-order valence-electron chi connectivity index (χ4n) is 7.73. The van der Waals surface area contributed by atoms with E-state index in [9.17, 15) is 14.7 Å². The lowest BCUT2D eigenvalue weighted by molar-refractivity contribution is -0.161. The molecule has 0 radical (unpaired) electrons. The molecule has 0 bridgehead atoms. The van der Waals surface area contributed by atoms with Gasteiger partial charge in [-0.15, -0.1) is 0 Å². The van der Waals surface area contributed by atoms with Gasteiger partial charge in [-0.25, -0.2) is 0 Å². The summed E-state index contributed by atoms with van der Waals surface area (Å²) in [7, 11) is 0. The minimum absolute atomic E-state index is 0.0824. The molecular formula is C67H108O5. The third-order valence-corrected chi connectivity index (χ3v) is 12.1. The Bertz CT molecular complexity index is 1540. The van der Waals surface area contributed by atoms with Gasteiger partial charge in [-0.2, -0.15) is 0 Å². The molecule has 0 aliphatic rings. The van der Waals surface area contributed by atoms with E-state index in [-0.39, 0.29) is 25.2 Å². The molecule has 0 rings (SSSR count). The Morgan fingerprint density at radius 3 is 0.903 bits per heavy atom. The monoisotopic (exact) mass is 993 g/mol. The number of allylic oxidation sites excluding steroid dienone is 24. The lowest BCUT2D eigenvalue weighted by Gasteiger charge is -2.15. The Balaban J connectivity index is 3.63. The summed E-state index contributed by atoms with van der Waals surface area (Å²) in [4.78, 5) is 24.5. The van der Waals surface area contributed by atoms with Crippen molar-refractivity contribution in [3.05, 3.63) is 146 Å². The fourth-order valence-corrected chi connectivity index (χ4v) is 7.73. The van der Waals surface area contributed by atoms with E-state index in [1.807, 2.05) is 0 Å². The van der Waals surface area contributed by atoms with Crippen molar-refractivity contribution in [3.8, 4) is 0 Å². The first-order valence-electron chi connectivity index (χ1n) is 29.4. The number of esters is 2. The van der Waals surface area contributed by atoms with Gasteiger partial charge in [-0.05, 0) is 122 Å². The second-order valence-corrected chi connectivity index (χ2v) is 19.0. The van der Waals surface area contributed by atoms with Crippen LogP contribution >= 0.6 is 0 Å². The second kappa shape index (κ2) is 61.1. The molecule has 0 aliphatic heterocycles. The quantitative estimate of drug-likeness (QED) is 0.0373. The second-order valence-electron chi connectivity index (χ2n) is 19.0. The zero-order chi connectivity index (χ0) is 52.0. The van der Waals surface area contributed by atoms with Crippen LogP contribution in [-0.4, -0.2) is 36.4 Å². The molecule has 0 fully saturated rings. The van der Waals surface area contributed by atoms with Crippen LogP contribution in [0.2, 0.25) is 0 Å². The molecule has 5 nitrogen and oxygen atoms in total. The molecule has 0 amide bonds. The first-order valence-corrected chi connectivity index (χ1v) is 29.4. The maximum absolute atomic E-state index is 12.3. The highest BCUT2D eigenvalue weighted by atomic mass is 16.6. The van der Waals surface area contributed by atoms with Crippen LogP contribution < -0.4 is 0 Å². The molecular weight excluding hydrogens is 885 g/mol. The van der Waals surface area contributed by atoms with Crippen LogP contribution in [0.1, 0.15) is 245 Å². The molecule has 0 saturated heterocycles. The van der Waals surface area contributed by atoms with Crippen molar-refractivity contribution >= 4 is 11.9 Å². The number of rotatable bonds is 52. The van der Waals surface area contributed by atoms with Gasteiger partial charge in [0.1, 0.15) is 6.61 Å². The van der Waals surface area contributed by atoms with Crippen molar-refractivity contribution in [2.24, 2.45) is 0 Å². The van der Waals surface area contributed by atoms with Crippen LogP contribution in [0.3, 0.4) is 0 Å². The van der Waals surface area contributed by atoms with E-state index < -0.39 is 6.10 Å². The van der Waals surface area contributed by atoms with Crippen molar-refractivity contribution in [3.63, 3.8) is 0 Å². The molecule has 72 heavy (non-hydrogen) atoms. The molecule has 5 heteroatoms. The van der Waals surface area contributed by atoms with Gasteiger partial charge in [-0.1, -0.05) is 256 Å². The zero-order valence-electron chi connectivity index (χ0n) is 46.4. The molecule has 0 aromatic heterocycles. The van der Waals surface area contributed by atoms with Gasteiger partial charge in [0, 0.05) is 12.8 Å². The number of carbonyl (C=O) groups excluding carboxylic acids is 2. The Kier molecular flexibility index (Phi) is 57.5. The largest absolute Gasteiger partial charge is 0.462 e. The van der Waals surface area contributed by atoms with Crippen LogP contribution in [0, 0.1) is 0 Å². The molecule has 1 N–H and O–H groups in total. The van der Waals surface area contributed by atoms with Gasteiger partial charge in [-0.3, -0.25) is 9.59 Å². The van der Waals surface area contributed by atoms with Crippen molar-refractivity contribution < 1.29 is 24.2 Å². The highest BCUT2D eigenvalue weighted by molar-refractivity contribution is 5.70. The summed E-state index contributed by atoms with van der Waals surface area (Å²) in [5.74, 6) is -0.619. The summed E-state index contributed by atoms with van der Waals surface area (Å²) in [6.07, 6.45) is 92.4. The number of ether oxygens (including phenoxy) is 2. The Labute approximate surface area is 444 Å². The third kappa shape index (κ3) is 58.4. The molecule has 0 aliphatic carbocycles. The highest BCUT2D eigenvalue weighted by Crippen LogP contribution is 2.14. The predicted octanol–water partition coefficient (Wildman–Crippen LogP) is 20.2. The van der Waals surface area contributed by atoms with Gasteiger partial charge in [0.2, 0.25) is 0 Å². The molecule has 1 unspecified atom stereocenters. The normalized spacial score (nSPS) is 13.3. The van der Waals surface area contributed by atoms with E-state index in [1.54, 1.807) is 0 Å². The molecule has 0 aromatic carbocycles. The maximum atomic E-state index is 12.3. The lowest BCUT2D eigenvalue weighted by atomic mass is 10.1. The first kappa shape index (κ1) is 67.8. The summed E-state index contributed by atoms with van der Waals surface area (Å²) < 4.78 is 10.7. The number of aliphatic hydroxyl groups excluding tert-OH is 1. The van der Waals surface area contributed by atoms with Gasteiger partial charge in [0.25, 0.3) is 0 Å². The summed E-state index contributed by atoms with van der Waals surface area (Å²) in [6.45, 7) is 4.00. The lowest BCUT2D eigenvalue weighted by Crippen LogP contribution is -2.28. The zero-order valence-corrected chi connectivity index (χ0v) is 46.4. The van der Waals surface area contributed by atoms with E-state index in [1.165, 1.54) is 103 Å². The fraction of sp³-hybridized carbons (Fsp3) is 0.612. The summed E-state index contributed by atoms with van der Waals surface area (Å²) in [5, 5.41) is 9.66. The number of hydrogen-bond donors (Lipinski definition) is 1. The molecule has 1 atom stereocenters. The van der Waals surface area contributed by atoms with E-state index in [0.717, 1.165) is 116 Å². The van der Waals surface area contributed by atoms with Crippen LogP contribution in [0.15, 0.2) is 146 Å². The van der Waals surface area contributed by atoms with Crippen molar-refractivity contribution in [1.82, 2.24) is 0 Å². The molecule has 406 valence electrons. The molecule has 0 spiro atoms. The SMILES string of the molecule is CC/C=C\C/C=C\C/C=C\C/C=C\C/C=C\C/C=C\C/C=C\C/C=C\C/C=C\C/C=C\CCCCCCCCC(=O)OC(CO)COC(=O)CCCCCCCCCCC/C=C\C/C=C\CCCCCCC. The van der Waals surface area contributed by atoms with E-state index in [0.29, 0.717) is 12.8 Å². The van der Waals surface area contributed by atoms with Gasteiger partial charge in [0.05, 0.1) is 6.61 Å². The van der Waals surface area contributed by atoms with Crippen LogP contribution in [0.4, 0.5) is 0 Å². The Morgan fingerprint density at radius 2 is 0.597 bits per heavy atom. The summed E-state index contributed by atoms with van der Waals surface area (Å²) >= 11 is 0. The number of hydrogen-bond acceptors (Lipinski definition) is 5. The standard InChI is InChI=1S/C67H108O5/c1-3-5-7-9-11-13-15-17-19-21-23-25-26-27-28-29-30-31-32-33-34-35-36-37-38-39-40-42-44-46-48-50-52-54-56-58-60-62-67(70)72-65(63-68)64-71-66(69)61-59-57-55-53-51-49-47-45-43-41-24-22-20-18-16-14-12-10-8-6-4-2/h5,7,11,13,16-19,22-25,27-28,30-31,33-34,36-37,39-40,44,46,65,68H,3-4,6,8-10,12,14-15,20-21,26,29,32,35,38,41-43,45,47-64H2,1-2H3/b7-5-,13-11-,18-16-,19-17-,24-22-,25-23-,28-27-,31-30-,34-33-,37-36-,40-39-,46-44-. The van der Waals surface area contributed by atoms with Crippen LogP contribution in [-0.2, 0) is 19.1 Å². The molecule has 0 aromatic rings. The Morgan fingerprint density at radius 1 is 0.333 bits per heavy atom. The van der Waals surface area contributed by atoms with Crippen LogP contribution in [0.25, 0.3) is 0 Å². The third-order valence-electron chi connectivity index (χ3n) is 12.1. The molecule has 0 saturated carbocycles. The van der Waals surface area contributed by atoms with E-state index in [4.69, 9.17) is 9.47 Å². The average Bonchev–Trinajstić information content (AvgIpc) is 3.38. The summed E-state index contributed by atoms with van der Waals surface area (Å²) in [5.41, 5.74) is 0. The topological polar surface area (TPSA) is 72.8 Å². The minimum Gasteiger partial charge on any atom is -0.462 e. The summed E-state index contributed by atoms with van der Waals surface area (Å²) in [6, 6.07) is 0. The van der Waals surface area contributed by atoms with Gasteiger partial charge < -0.3 is 14.6 Å². The van der Waals surface area contributed by atoms with Crippen molar-refractivity contribution in [2.45, 2.75) is 251 Å². The maximum Gasteiger partial charge on any atom is 0.306 e. The van der Waals surface area contributed by atoms with Crippen molar-refractivity contribution in [1.29, 1.82) is 0 Å². The number of aliphatic hydroxyl groups is 1. The van der Waals surface area contributed by atoms with E-state index in [2.05, 4.69) is 160 Å².